The second-order valence-electron chi connectivity index (χ2n) is 2.77. The van der Waals surface area contributed by atoms with Gasteiger partial charge < -0.3 is 4.57 Å². The number of hydrogen-bond donors (Lipinski definition) is 0. The van der Waals surface area contributed by atoms with E-state index in [4.69, 9.17) is 11.6 Å². The molecule has 68 valence electrons. The van der Waals surface area contributed by atoms with Crippen LogP contribution in [-0.4, -0.2) is 9.55 Å². The van der Waals surface area contributed by atoms with Gasteiger partial charge >= 0.3 is 0 Å². The van der Waals surface area contributed by atoms with Gasteiger partial charge in [-0.15, -0.1) is 0 Å². The van der Waals surface area contributed by atoms with E-state index in [0.717, 1.165) is 12.2 Å². The molecule has 0 amide bonds. The second-order valence-corrected chi connectivity index (χ2v) is 4.32. The fraction of sp³-hybridized carbons (Fsp3) is 0.222. The van der Waals surface area contributed by atoms with Crippen molar-refractivity contribution in [1.82, 2.24) is 9.55 Å². The summed E-state index contributed by atoms with van der Waals surface area (Å²) < 4.78 is 3.32. The van der Waals surface area contributed by atoms with Gasteiger partial charge in [0.15, 0.2) is 0 Å². The predicted octanol–water partition coefficient (Wildman–Crippen LogP) is 3.31. The fourth-order valence-corrected chi connectivity index (χ4v) is 2.24. The van der Waals surface area contributed by atoms with Gasteiger partial charge in [0, 0.05) is 21.7 Å². The minimum atomic E-state index is 0.553. The molecular formula is C9H8ClIN2. The first-order valence-corrected chi connectivity index (χ1v) is 5.49. The summed E-state index contributed by atoms with van der Waals surface area (Å²) in [6.07, 6.45) is 2.09. The standard InChI is InChI=1S/C9H8ClIN2/c1-2-13-5-7(11)6-3-4-8(10)12-9(6)13/h3-5H,2H2,1H3. The van der Waals surface area contributed by atoms with Crippen molar-refractivity contribution in [3.8, 4) is 0 Å². The summed E-state index contributed by atoms with van der Waals surface area (Å²) in [5, 5.41) is 1.73. The van der Waals surface area contributed by atoms with Crippen LogP contribution in [0.25, 0.3) is 11.0 Å². The summed E-state index contributed by atoms with van der Waals surface area (Å²) in [6.45, 7) is 3.02. The third-order valence-electron chi connectivity index (χ3n) is 1.98. The van der Waals surface area contributed by atoms with Gasteiger partial charge in [0.2, 0.25) is 0 Å². The van der Waals surface area contributed by atoms with Crippen molar-refractivity contribution >= 4 is 45.2 Å². The highest BCUT2D eigenvalue weighted by Crippen LogP contribution is 2.22. The highest BCUT2D eigenvalue weighted by molar-refractivity contribution is 14.1. The van der Waals surface area contributed by atoms with Gasteiger partial charge in [-0.05, 0) is 41.6 Å². The lowest BCUT2D eigenvalue weighted by molar-refractivity contribution is 0.786. The highest BCUT2D eigenvalue weighted by atomic mass is 127. The van der Waals surface area contributed by atoms with Crippen LogP contribution in [0.3, 0.4) is 0 Å². The molecule has 2 aromatic rings. The fourth-order valence-electron chi connectivity index (χ4n) is 1.34. The third kappa shape index (κ3) is 1.55. The van der Waals surface area contributed by atoms with Crippen LogP contribution in [0.2, 0.25) is 5.15 Å². The van der Waals surface area contributed by atoms with Crippen molar-refractivity contribution in [2.24, 2.45) is 0 Å². The van der Waals surface area contributed by atoms with Crippen LogP contribution in [-0.2, 0) is 6.54 Å². The van der Waals surface area contributed by atoms with E-state index < -0.39 is 0 Å². The van der Waals surface area contributed by atoms with E-state index in [-0.39, 0.29) is 0 Å². The number of aryl methyl sites for hydroxylation is 1. The Morgan fingerprint density at radius 1 is 1.54 bits per heavy atom. The van der Waals surface area contributed by atoms with E-state index in [0.29, 0.717) is 5.15 Å². The number of hydrogen-bond acceptors (Lipinski definition) is 1. The molecule has 0 aromatic carbocycles. The smallest absolute Gasteiger partial charge is 0.142 e. The molecule has 0 N–H and O–H groups in total. The molecule has 0 spiro atoms. The number of nitrogens with zero attached hydrogens (tertiary/aromatic N) is 2. The van der Waals surface area contributed by atoms with E-state index in [1.165, 1.54) is 8.96 Å². The zero-order valence-corrected chi connectivity index (χ0v) is 10.0. The monoisotopic (exact) mass is 306 g/mol. The van der Waals surface area contributed by atoms with Crippen LogP contribution < -0.4 is 0 Å². The molecule has 0 atom stereocenters. The first kappa shape index (κ1) is 9.27. The number of halogens is 2. The summed E-state index contributed by atoms with van der Waals surface area (Å²) in [5.41, 5.74) is 0.972. The van der Waals surface area contributed by atoms with Gasteiger partial charge in [0.1, 0.15) is 10.8 Å². The number of pyridine rings is 1. The average Bonchev–Trinajstić information content (AvgIpc) is 2.42. The molecule has 0 saturated heterocycles. The summed E-state index contributed by atoms with van der Waals surface area (Å²) in [4.78, 5) is 4.29. The molecule has 0 radical (unpaired) electrons. The Morgan fingerprint density at radius 3 is 3.00 bits per heavy atom. The normalized spacial score (nSPS) is 11.0. The van der Waals surface area contributed by atoms with Crippen molar-refractivity contribution in [2.45, 2.75) is 13.5 Å². The van der Waals surface area contributed by atoms with Gasteiger partial charge in [0.25, 0.3) is 0 Å². The van der Waals surface area contributed by atoms with E-state index in [2.05, 4.69) is 45.3 Å². The Bertz CT molecular complexity index is 450. The molecule has 2 heterocycles. The minimum Gasteiger partial charge on any atom is -0.332 e. The SMILES string of the molecule is CCn1cc(I)c2ccc(Cl)nc21. The third-order valence-corrected chi connectivity index (χ3v) is 3.05. The molecule has 0 bridgehead atoms. The molecule has 0 unspecified atom stereocenters. The Hall–Kier alpha value is -0.290. The molecule has 0 aliphatic carbocycles. The zero-order chi connectivity index (χ0) is 9.42. The van der Waals surface area contributed by atoms with Crippen LogP contribution in [0.5, 0.6) is 0 Å². The molecule has 0 fully saturated rings. The van der Waals surface area contributed by atoms with Crippen molar-refractivity contribution in [2.75, 3.05) is 0 Å². The predicted molar refractivity (Wildman–Crippen MR) is 63.1 cm³/mol. The average molecular weight is 307 g/mol. The van der Waals surface area contributed by atoms with Crippen LogP contribution in [0.1, 0.15) is 6.92 Å². The van der Waals surface area contributed by atoms with Crippen LogP contribution >= 0.6 is 34.2 Å². The van der Waals surface area contributed by atoms with E-state index in [9.17, 15) is 0 Å². The van der Waals surface area contributed by atoms with Crippen LogP contribution in [0.4, 0.5) is 0 Å². The topological polar surface area (TPSA) is 17.8 Å². The maximum atomic E-state index is 5.83. The lowest BCUT2D eigenvalue weighted by Crippen LogP contribution is -1.92. The maximum absolute atomic E-state index is 5.83. The molecule has 2 aromatic heterocycles. The van der Waals surface area contributed by atoms with Gasteiger partial charge in [-0.25, -0.2) is 4.98 Å². The lowest BCUT2D eigenvalue weighted by atomic mass is 10.3. The van der Waals surface area contributed by atoms with Crippen molar-refractivity contribution in [1.29, 1.82) is 0 Å². The quantitative estimate of drug-likeness (QED) is 0.584. The summed E-state index contributed by atoms with van der Waals surface area (Å²) in [5.74, 6) is 0. The van der Waals surface area contributed by atoms with Crippen molar-refractivity contribution in [3.05, 3.63) is 27.1 Å². The van der Waals surface area contributed by atoms with Gasteiger partial charge in [-0.1, -0.05) is 11.6 Å². The summed E-state index contributed by atoms with van der Waals surface area (Å²) in [7, 11) is 0. The van der Waals surface area contributed by atoms with Gasteiger partial charge in [-0.2, -0.15) is 0 Å². The second kappa shape index (κ2) is 3.46. The lowest BCUT2D eigenvalue weighted by Gasteiger charge is -1.98. The first-order chi connectivity index (χ1) is 6.22. The molecule has 0 aliphatic heterocycles. The molecular weight excluding hydrogens is 298 g/mol. The summed E-state index contributed by atoms with van der Waals surface area (Å²) in [6, 6.07) is 3.84. The molecule has 2 nitrogen and oxygen atoms in total. The van der Waals surface area contributed by atoms with Crippen molar-refractivity contribution in [3.63, 3.8) is 0 Å². The molecule has 2 rings (SSSR count). The maximum Gasteiger partial charge on any atom is 0.142 e. The Kier molecular flexibility index (Phi) is 2.47. The zero-order valence-electron chi connectivity index (χ0n) is 7.09. The molecule has 0 aliphatic rings. The van der Waals surface area contributed by atoms with E-state index in [1.54, 1.807) is 0 Å². The van der Waals surface area contributed by atoms with E-state index >= 15 is 0 Å². The minimum absolute atomic E-state index is 0.553. The molecule has 13 heavy (non-hydrogen) atoms. The number of fused-ring (bicyclic) bond motifs is 1. The van der Waals surface area contributed by atoms with Crippen LogP contribution in [0, 0.1) is 3.57 Å². The Morgan fingerprint density at radius 2 is 2.31 bits per heavy atom. The van der Waals surface area contributed by atoms with Gasteiger partial charge in [0.05, 0.1) is 0 Å². The van der Waals surface area contributed by atoms with Crippen molar-refractivity contribution < 1.29 is 0 Å². The van der Waals surface area contributed by atoms with E-state index in [1.807, 2.05) is 12.1 Å². The largest absolute Gasteiger partial charge is 0.332 e. The van der Waals surface area contributed by atoms with Gasteiger partial charge in [-0.3, -0.25) is 0 Å². The number of rotatable bonds is 1. The Balaban J connectivity index is 2.81. The molecule has 0 saturated carbocycles. The highest BCUT2D eigenvalue weighted by Gasteiger charge is 2.06. The number of aromatic nitrogens is 2. The Labute approximate surface area is 95.0 Å². The van der Waals surface area contributed by atoms with Crippen LogP contribution in [0.15, 0.2) is 18.3 Å². The first-order valence-electron chi connectivity index (χ1n) is 4.03. The summed E-state index contributed by atoms with van der Waals surface area (Å²) >= 11 is 8.14. The molecule has 4 heteroatoms.